The van der Waals surface area contributed by atoms with Crippen molar-refractivity contribution in [1.82, 2.24) is 5.32 Å². The lowest BCUT2D eigenvalue weighted by molar-refractivity contribution is -0.138. The second-order valence-electron chi connectivity index (χ2n) is 8.66. The highest BCUT2D eigenvalue weighted by Crippen LogP contribution is 2.35. The Labute approximate surface area is 222 Å². The van der Waals surface area contributed by atoms with Crippen LogP contribution in [-0.2, 0) is 25.5 Å². The molecule has 1 heterocycles. The largest absolute Gasteiger partial charge is 0.484 e. The number of nitrogens with one attached hydrogen (secondary N) is 1. The van der Waals surface area contributed by atoms with Gasteiger partial charge in [0.25, 0.3) is 11.8 Å². The van der Waals surface area contributed by atoms with Gasteiger partial charge in [-0.15, -0.1) is 0 Å². The quantitative estimate of drug-likeness (QED) is 0.316. The SMILES string of the molecule is CCOC(=O)C1=C(C)N(c2ccccc2)C(=O)/C1=C\c1ccc(OCC(=O)NCCc2ccccc2)cc1. The van der Waals surface area contributed by atoms with Crippen molar-refractivity contribution in [3.63, 3.8) is 0 Å². The number of hydrogen-bond acceptors (Lipinski definition) is 5. The molecule has 1 N–H and O–H groups in total. The summed E-state index contributed by atoms with van der Waals surface area (Å²) in [4.78, 5) is 39.8. The van der Waals surface area contributed by atoms with Crippen molar-refractivity contribution < 1.29 is 23.9 Å². The molecule has 0 radical (unpaired) electrons. The van der Waals surface area contributed by atoms with Gasteiger partial charge in [0, 0.05) is 17.9 Å². The molecule has 38 heavy (non-hydrogen) atoms. The van der Waals surface area contributed by atoms with Crippen LogP contribution < -0.4 is 15.0 Å². The van der Waals surface area contributed by atoms with Crippen molar-refractivity contribution >= 4 is 29.5 Å². The van der Waals surface area contributed by atoms with Gasteiger partial charge in [0.1, 0.15) is 5.75 Å². The van der Waals surface area contributed by atoms with Gasteiger partial charge in [0.15, 0.2) is 6.61 Å². The average molecular weight is 511 g/mol. The second kappa shape index (κ2) is 12.5. The number of amides is 2. The van der Waals surface area contributed by atoms with E-state index in [-0.39, 0.29) is 36.2 Å². The minimum absolute atomic E-state index is 0.102. The van der Waals surface area contributed by atoms with E-state index in [1.165, 1.54) is 4.90 Å². The van der Waals surface area contributed by atoms with Gasteiger partial charge < -0.3 is 14.8 Å². The molecular formula is C31H30N2O5. The molecule has 0 aromatic heterocycles. The summed E-state index contributed by atoms with van der Waals surface area (Å²) in [5, 5.41) is 2.85. The predicted octanol–water partition coefficient (Wildman–Crippen LogP) is 4.69. The third kappa shape index (κ3) is 6.37. The Morgan fingerprint density at radius 2 is 1.58 bits per heavy atom. The van der Waals surface area contributed by atoms with Gasteiger partial charge in [-0.2, -0.15) is 0 Å². The van der Waals surface area contributed by atoms with E-state index in [4.69, 9.17) is 9.47 Å². The van der Waals surface area contributed by atoms with Crippen LogP contribution in [0.1, 0.15) is 25.0 Å². The van der Waals surface area contributed by atoms with Crippen molar-refractivity contribution in [1.29, 1.82) is 0 Å². The highest BCUT2D eigenvalue weighted by Gasteiger charge is 2.38. The Morgan fingerprint density at radius 1 is 0.921 bits per heavy atom. The Hall–Kier alpha value is -4.65. The van der Waals surface area contributed by atoms with E-state index in [2.05, 4.69) is 5.32 Å². The van der Waals surface area contributed by atoms with Gasteiger partial charge in [0.05, 0.1) is 17.8 Å². The lowest BCUT2D eigenvalue weighted by Crippen LogP contribution is -2.30. The fourth-order valence-electron chi connectivity index (χ4n) is 4.19. The van der Waals surface area contributed by atoms with Gasteiger partial charge in [-0.25, -0.2) is 4.79 Å². The number of allylic oxidation sites excluding steroid dienone is 1. The fourth-order valence-corrected chi connectivity index (χ4v) is 4.19. The lowest BCUT2D eigenvalue weighted by atomic mass is 10.0. The molecule has 0 bridgehead atoms. The summed E-state index contributed by atoms with van der Waals surface area (Å²) < 4.78 is 10.9. The minimum atomic E-state index is -0.540. The van der Waals surface area contributed by atoms with Crippen LogP contribution >= 0.6 is 0 Å². The smallest absolute Gasteiger partial charge is 0.340 e. The average Bonchev–Trinajstić information content (AvgIpc) is 3.18. The van der Waals surface area contributed by atoms with Crippen LogP contribution in [0.25, 0.3) is 6.08 Å². The normalized spacial score (nSPS) is 14.1. The van der Waals surface area contributed by atoms with E-state index in [0.29, 0.717) is 29.2 Å². The van der Waals surface area contributed by atoms with Gasteiger partial charge in [-0.3, -0.25) is 14.5 Å². The Balaban J connectivity index is 1.42. The monoisotopic (exact) mass is 510 g/mol. The molecule has 0 spiro atoms. The van der Waals surface area contributed by atoms with Gasteiger partial charge in [-0.05, 0) is 61.7 Å². The van der Waals surface area contributed by atoms with E-state index in [1.54, 1.807) is 44.2 Å². The molecule has 0 fully saturated rings. The van der Waals surface area contributed by atoms with Gasteiger partial charge in [-0.1, -0.05) is 60.7 Å². The summed E-state index contributed by atoms with van der Waals surface area (Å²) in [5.41, 5.74) is 3.55. The Kier molecular flexibility index (Phi) is 8.72. The van der Waals surface area contributed by atoms with Crippen molar-refractivity contribution in [3.05, 3.63) is 113 Å². The minimum Gasteiger partial charge on any atom is -0.484 e. The number of para-hydroxylation sites is 1. The fraction of sp³-hybridized carbons (Fsp3) is 0.194. The molecule has 0 atom stereocenters. The first kappa shape index (κ1) is 26.4. The molecule has 194 valence electrons. The maximum atomic E-state index is 13.4. The highest BCUT2D eigenvalue weighted by atomic mass is 16.5. The zero-order chi connectivity index (χ0) is 26.9. The molecule has 3 aromatic carbocycles. The zero-order valence-corrected chi connectivity index (χ0v) is 21.5. The van der Waals surface area contributed by atoms with Crippen molar-refractivity contribution in [2.24, 2.45) is 0 Å². The van der Waals surface area contributed by atoms with Crippen LogP contribution in [0.5, 0.6) is 5.75 Å². The summed E-state index contributed by atoms with van der Waals surface area (Å²) in [6, 6.07) is 26.1. The van der Waals surface area contributed by atoms with Gasteiger partial charge in [0.2, 0.25) is 0 Å². The van der Waals surface area contributed by atoms with Crippen molar-refractivity contribution in [2.45, 2.75) is 20.3 Å². The van der Waals surface area contributed by atoms with Crippen LogP contribution in [-0.4, -0.2) is 37.5 Å². The third-order valence-corrected chi connectivity index (χ3v) is 6.03. The van der Waals surface area contributed by atoms with Gasteiger partial charge >= 0.3 is 5.97 Å². The summed E-state index contributed by atoms with van der Waals surface area (Å²) >= 11 is 0. The summed E-state index contributed by atoms with van der Waals surface area (Å²) in [6.07, 6.45) is 2.42. The van der Waals surface area contributed by atoms with Crippen molar-refractivity contribution in [3.8, 4) is 5.75 Å². The summed E-state index contributed by atoms with van der Waals surface area (Å²) in [7, 11) is 0. The number of anilines is 1. The van der Waals surface area contributed by atoms with E-state index in [9.17, 15) is 14.4 Å². The molecule has 4 rings (SSSR count). The van der Waals surface area contributed by atoms with Crippen LogP contribution in [0.15, 0.2) is 102 Å². The molecule has 7 nitrogen and oxygen atoms in total. The molecule has 2 amide bonds. The Morgan fingerprint density at radius 3 is 2.24 bits per heavy atom. The second-order valence-corrected chi connectivity index (χ2v) is 8.66. The molecule has 0 saturated heterocycles. The number of carbonyl (C=O) groups is 3. The zero-order valence-electron chi connectivity index (χ0n) is 21.5. The molecule has 0 saturated carbocycles. The lowest BCUT2D eigenvalue weighted by Gasteiger charge is -2.17. The maximum absolute atomic E-state index is 13.4. The van der Waals surface area contributed by atoms with Crippen molar-refractivity contribution in [2.75, 3.05) is 24.7 Å². The predicted molar refractivity (Wildman–Crippen MR) is 146 cm³/mol. The van der Waals surface area contributed by atoms with E-state index in [0.717, 1.165) is 12.0 Å². The first-order valence-corrected chi connectivity index (χ1v) is 12.5. The molecule has 1 aliphatic rings. The number of esters is 1. The number of carbonyl (C=O) groups excluding carboxylic acids is 3. The standard InChI is InChI=1S/C31H30N2O5/c1-3-37-31(36)29-22(2)33(25-12-8-5-9-13-25)30(35)27(29)20-24-14-16-26(17-15-24)38-21-28(34)32-19-18-23-10-6-4-7-11-23/h4-17,20H,3,18-19,21H2,1-2H3,(H,32,34)/b27-20-. The molecule has 7 heteroatoms. The third-order valence-electron chi connectivity index (χ3n) is 6.03. The number of nitrogens with zero attached hydrogens (tertiary/aromatic N) is 1. The van der Waals surface area contributed by atoms with E-state index in [1.807, 2.05) is 60.7 Å². The van der Waals surface area contributed by atoms with Crippen LogP contribution in [0.4, 0.5) is 5.69 Å². The first-order chi connectivity index (χ1) is 18.5. The molecule has 0 aliphatic carbocycles. The number of benzene rings is 3. The molecule has 3 aromatic rings. The summed E-state index contributed by atoms with van der Waals surface area (Å²) in [5.74, 6) is -0.527. The topological polar surface area (TPSA) is 84.9 Å². The van der Waals surface area contributed by atoms with E-state index < -0.39 is 5.97 Å². The van der Waals surface area contributed by atoms with Crippen LogP contribution in [0.3, 0.4) is 0 Å². The number of hydrogen-bond donors (Lipinski definition) is 1. The first-order valence-electron chi connectivity index (χ1n) is 12.5. The maximum Gasteiger partial charge on any atom is 0.340 e. The number of rotatable bonds is 10. The van der Waals surface area contributed by atoms with Crippen LogP contribution in [0, 0.1) is 0 Å². The van der Waals surface area contributed by atoms with Crippen LogP contribution in [0.2, 0.25) is 0 Å². The van der Waals surface area contributed by atoms with E-state index >= 15 is 0 Å². The Bertz CT molecular complexity index is 1350. The highest BCUT2D eigenvalue weighted by molar-refractivity contribution is 6.23. The number of ether oxygens (including phenoxy) is 2. The molecule has 1 aliphatic heterocycles. The summed E-state index contributed by atoms with van der Waals surface area (Å²) in [6.45, 7) is 4.09. The molecular weight excluding hydrogens is 480 g/mol. The molecule has 0 unspecified atom stereocenters.